The van der Waals surface area contributed by atoms with E-state index in [1.54, 1.807) is 0 Å². The van der Waals surface area contributed by atoms with Crippen molar-refractivity contribution in [1.29, 1.82) is 0 Å². The molecule has 3 rings (SSSR count). The van der Waals surface area contributed by atoms with Gasteiger partial charge in [0.1, 0.15) is 17.4 Å². The van der Waals surface area contributed by atoms with Crippen molar-refractivity contribution in [3.05, 3.63) is 36.1 Å². The molecule has 108 valence electrons. The maximum absolute atomic E-state index is 10.9. The molecule has 0 spiro atoms. The molecule has 0 aliphatic heterocycles. The molecule has 1 unspecified atom stereocenters. The first-order chi connectivity index (χ1) is 9.63. The number of aliphatic hydroxyl groups is 1. The molecule has 1 aromatic carbocycles. The summed E-state index contributed by atoms with van der Waals surface area (Å²) in [6, 6.07) is 9.92. The lowest BCUT2D eigenvalue weighted by Gasteiger charge is -2.45. The first kappa shape index (κ1) is 13.7. The highest BCUT2D eigenvalue weighted by Crippen LogP contribution is 2.43. The van der Waals surface area contributed by atoms with Crippen molar-refractivity contribution in [2.45, 2.75) is 43.7 Å². The number of likely N-dealkylation sites (N-methyl/N-ethyl adjacent to an activating group) is 1. The van der Waals surface area contributed by atoms with E-state index in [1.165, 1.54) is 19.3 Å². The molecule has 0 amide bonds. The van der Waals surface area contributed by atoms with Crippen molar-refractivity contribution in [2.24, 2.45) is 0 Å². The van der Waals surface area contributed by atoms with Gasteiger partial charge in [0.15, 0.2) is 0 Å². The fourth-order valence-corrected chi connectivity index (χ4v) is 3.53. The summed E-state index contributed by atoms with van der Waals surface area (Å²) in [5, 5.41) is 12.0. The third-order valence-electron chi connectivity index (χ3n) is 4.83. The summed E-state index contributed by atoms with van der Waals surface area (Å²) < 4.78 is 5.88. The smallest absolute Gasteiger partial charge is 0.135 e. The van der Waals surface area contributed by atoms with Crippen LogP contribution in [0.2, 0.25) is 0 Å². The highest BCUT2D eigenvalue weighted by molar-refractivity contribution is 5.77. The van der Waals surface area contributed by atoms with Crippen LogP contribution in [0.1, 0.15) is 44.0 Å². The van der Waals surface area contributed by atoms with Gasteiger partial charge < -0.3 is 14.4 Å². The topological polar surface area (TPSA) is 36.6 Å². The second-order valence-corrected chi connectivity index (χ2v) is 6.15. The number of hydrogen-bond acceptors (Lipinski definition) is 3. The molecule has 1 fully saturated rings. The standard InChI is InChI=1S/C17H23NO2/c1-18(2)17(10-6-3-7-11-17)16(19)15-12-13-8-4-5-9-14(13)20-15/h4-5,8-9,12,16,19H,3,6-7,10-11H2,1-2H3. The van der Waals surface area contributed by atoms with Gasteiger partial charge in [0.2, 0.25) is 0 Å². The van der Waals surface area contributed by atoms with E-state index in [9.17, 15) is 5.11 Å². The van der Waals surface area contributed by atoms with Gasteiger partial charge in [-0.25, -0.2) is 0 Å². The minimum Gasteiger partial charge on any atom is -0.458 e. The van der Waals surface area contributed by atoms with Crippen molar-refractivity contribution in [2.75, 3.05) is 14.1 Å². The molecule has 0 saturated heterocycles. The van der Waals surface area contributed by atoms with Crippen molar-refractivity contribution < 1.29 is 9.52 Å². The summed E-state index contributed by atoms with van der Waals surface area (Å²) in [6.45, 7) is 0. The molecule has 0 radical (unpaired) electrons. The van der Waals surface area contributed by atoms with Crippen LogP contribution in [0.5, 0.6) is 0 Å². The lowest BCUT2D eigenvalue weighted by Crippen LogP contribution is -2.50. The predicted molar refractivity (Wildman–Crippen MR) is 80.7 cm³/mol. The number of fused-ring (bicyclic) bond motifs is 1. The second-order valence-electron chi connectivity index (χ2n) is 6.15. The van der Waals surface area contributed by atoms with Crippen LogP contribution in [0, 0.1) is 0 Å². The van der Waals surface area contributed by atoms with Crippen LogP contribution in [0.3, 0.4) is 0 Å². The number of nitrogens with zero attached hydrogens (tertiary/aromatic N) is 1. The Morgan fingerprint density at radius 3 is 2.50 bits per heavy atom. The number of hydrogen-bond donors (Lipinski definition) is 1. The molecule has 2 aromatic rings. The van der Waals surface area contributed by atoms with Crippen LogP contribution in [0.4, 0.5) is 0 Å². The Labute approximate surface area is 120 Å². The average molecular weight is 273 g/mol. The zero-order valence-corrected chi connectivity index (χ0v) is 12.3. The van der Waals surface area contributed by atoms with E-state index in [4.69, 9.17) is 4.42 Å². The number of furan rings is 1. The van der Waals surface area contributed by atoms with E-state index in [0.29, 0.717) is 5.76 Å². The largest absolute Gasteiger partial charge is 0.458 e. The van der Waals surface area contributed by atoms with Crippen molar-refractivity contribution in [3.8, 4) is 0 Å². The van der Waals surface area contributed by atoms with Gasteiger partial charge in [0, 0.05) is 5.39 Å². The molecule has 20 heavy (non-hydrogen) atoms. The SMILES string of the molecule is CN(C)C1(C(O)c2cc3ccccc3o2)CCCCC1. The van der Waals surface area contributed by atoms with E-state index in [-0.39, 0.29) is 5.54 Å². The minimum absolute atomic E-state index is 0.188. The number of aliphatic hydroxyl groups excluding tert-OH is 1. The van der Waals surface area contributed by atoms with Gasteiger partial charge in [-0.05, 0) is 39.1 Å². The zero-order chi connectivity index (χ0) is 14.2. The summed E-state index contributed by atoms with van der Waals surface area (Å²) >= 11 is 0. The highest BCUT2D eigenvalue weighted by Gasteiger charge is 2.43. The van der Waals surface area contributed by atoms with Gasteiger partial charge in [0.05, 0.1) is 5.54 Å². The van der Waals surface area contributed by atoms with Gasteiger partial charge in [0.25, 0.3) is 0 Å². The number of rotatable bonds is 3. The first-order valence-corrected chi connectivity index (χ1v) is 7.47. The zero-order valence-electron chi connectivity index (χ0n) is 12.3. The van der Waals surface area contributed by atoms with Gasteiger partial charge in [-0.15, -0.1) is 0 Å². The first-order valence-electron chi connectivity index (χ1n) is 7.47. The van der Waals surface area contributed by atoms with Crippen molar-refractivity contribution >= 4 is 11.0 Å². The molecule has 1 aromatic heterocycles. The Morgan fingerprint density at radius 1 is 1.15 bits per heavy atom. The minimum atomic E-state index is -0.565. The van der Waals surface area contributed by atoms with Crippen LogP contribution in [0.25, 0.3) is 11.0 Å². The van der Waals surface area contributed by atoms with Crippen LogP contribution in [-0.2, 0) is 0 Å². The predicted octanol–water partition coefficient (Wildman–Crippen LogP) is 3.73. The fraction of sp³-hybridized carbons (Fsp3) is 0.529. The van der Waals surface area contributed by atoms with Crippen LogP contribution >= 0.6 is 0 Å². The Morgan fingerprint density at radius 2 is 1.85 bits per heavy atom. The normalized spacial score (nSPS) is 20.4. The Kier molecular flexibility index (Phi) is 3.57. The van der Waals surface area contributed by atoms with Crippen LogP contribution < -0.4 is 0 Å². The van der Waals surface area contributed by atoms with Crippen molar-refractivity contribution in [1.82, 2.24) is 4.90 Å². The molecular formula is C17H23NO2. The quantitative estimate of drug-likeness (QED) is 0.925. The van der Waals surface area contributed by atoms with Gasteiger partial charge in [-0.3, -0.25) is 0 Å². The van der Waals surface area contributed by atoms with Gasteiger partial charge in [-0.2, -0.15) is 0 Å². The third-order valence-corrected chi connectivity index (χ3v) is 4.83. The maximum Gasteiger partial charge on any atom is 0.135 e. The van der Waals surface area contributed by atoms with E-state index < -0.39 is 6.10 Å². The Bertz CT molecular complexity index is 548. The van der Waals surface area contributed by atoms with Crippen LogP contribution in [0.15, 0.2) is 34.7 Å². The Hall–Kier alpha value is -1.32. The van der Waals surface area contributed by atoms with Gasteiger partial charge in [-0.1, -0.05) is 37.5 Å². The molecule has 1 saturated carbocycles. The maximum atomic E-state index is 10.9. The molecular weight excluding hydrogens is 250 g/mol. The van der Waals surface area contributed by atoms with Gasteiger partial charge >= 0.3 is 0 Å². The van der Waals surface area contributed by atoms with E-state index >= 15 is 0 Å². The molecule has 1 heterocycles. The van der Waals surface area contributed by atoms with E-state index in [0.717, 1.165) is 23.8 Å². The summed E-state index contributed by atoms with van der Waals surface area (Å²) in [4.78, 5) is 2.18. The molecule has 0 bridgehead atoms. The van der Waals surface area contributed by atoms with E-state index in [2.05, 4.69) is 19.0 Å². The Balaban J connectivity index is 1.98. The summed E-state index contributed by atoms with van der Waals surface area (Å²) in [5.74, 6) is 0.696. The molecule has 1 atom stereocenters. The second kappa shape index (κ2) is 5.23. The van der Waals surface area contributed by atoms with E-state index in [1.807, 2.05) is 30.3 Å². The lowest BCUT2D eigenvalue weighted by molar-refractivity contribution is -0.0433. The number of para-hydroxylation sites is 1. The summed E-state index contributed by atoms with van der Waals surface area (Å²) in [7, 11) is 4.13. The van der Waals surface area contributed by atoms with Crippen molar-refractivity contribution in [3.63, 3.8) is 0 Å². The molecule has 3 heteroatoms. The summed E-state index contributed by atoms with van der Waals surface area (Å²) in [6.07, 6.45) is 5.11. The fourth-order valence-electron chi connectivity index (χ4n) is 3.53. The van der Waals surface area contributed by atoms with Crippen LogP contribution in [-0.4, -0.2) is 29.6 Å². The third kappa shape index (κ3) is 2.15. The highest BCUT2D eigenvalue weighted by atomic mass is 16.4. The molecule has 3 nitrogen and oxygen atoms in total. The average Bonchev–Trinajstić information content (AvgIpc) is 2.90. The summed E-state index contributed by atoms with van der Waals surface area (Å²) in [5.41, 5.74) is 0.665. The number of benzene rings is 1. The molecule has 1 aliphatic carbocycles. The molecule has 1 N–H and O–H groups in total. The lowest BCUT2D eigenvalue weighted by atomic mass is 9.76. The molecule has 1 aliphatic rings. The monoisotopic (exact) mass is 273 g/mol.